The number of rotatable bonds is 6. The van der Waals surface area contributed by atoms with E-state index in [0.29, 0.717) is 19.2 Å². The molecule has 0 radical (unpaired) electrons. The Morgan fingerprint density at radius 1 is 1.26 bits per heavy atom. The summed E-state index contributed by atoms with van der Waals surface area (Å²) in [5, 5.41) is 6.01. The molecule has 4 nitrogen and oxygen atoms in total. The molecule has 0 bridgehead atoms. The number of ether oxygens (including phenoxy) is 1. The normalized spacial score (nSPS) is 18.8. The number of carbonyl (C=O) groups excluding carboxylic acids is 1. The van der Waals surface area contributed by atoms with E-state index in [9.17, 15) is 4.79 Å². The van der Waals surface area contributed by atoms with Gasteiger partial charge in [0, 0.05) is 18.8 Å². The number of nitrogens with one attached hydrogen (secondary N) is 2. The Morgan fingerprint density at radius 3 is 2.84 bits per heavy atom. The molecule has 0 spiro atoms. The molecule has 0 aliphatic carbocycles. The van der Waals surface area contributed by atoms with Crippen LogP contribution in [-0.4, -0.2) is 31.7 Å². The Hall–Kier alpha value is -1.55. The minimum atomic E-state index is 0.0275. The molecule has 1 unspecified atom stereocenters. The van der Waals surface area contributed by atoms with Crippen LogP contribution in [0, 0.1) is 0 Å². The molecule has 4 heteroatoms. The summed E-state index contributed by atoms with van der Waals surface area (Å²) in [6.45, 7) is 1.88. The Bertz CT molecular complexity index is 375. The first kappa shape index (κ1) is 13.9. The Labute approximate surface area is 114 Å². The van der Waals surface area contributed by atoms with Crippen LogP contribution in [-0.2, 0) is 9.53 Å². The van der Waals surface area contributed by atoms with Crippen molar-refractivity contribution in [2.24, 2.45) is 0 Å². The lowest BCUT2D eigenvalue weighted by molar-refractivity contribution is -0.119. The highest BCUT2D eigenvalue weighted by atomic mass is 16.5. The van der Waals surface area contributed by atoms with Gasteiger partial charge in [-0.25, -0.2) is 0 Å². The van der Waals surface area contributed by atoms with Crippen molar-refractivity contribution >= 4 is 11.6 Å². The fourth-order valence-corrected chi connectivity index (χ4v) is 2.21. The van der Waals surface area contributed by atoms with Crippen LogP contribution in [0.3, 0.4) is 0 Å². The van der Waals surface area contributed by atoms with E-state index in [1.165, 1.54) is 12.8 Å². The lowest BCUT2D eigenvalue weighted by atomic mass is 10.1. The molecule has 2 N–H and O–H groups in total. The van der Waals surface area contributed by atoms with Crippen LogP contribution in [0.25, 0.3) is 0 Å². The highest BCUT2D eigenvalue weighted by molar-refractivity contribution is 5.80. The fourth-order valence-electron chi connectivity index (χ4n) is 2.21. The minimum Gasteiger partial charge on any atom is -0.378 e. The van der Waals surface area contributed by atoms with Gasteiger partial charge in [-0.1, -0.05) is 18.2 Å². The molecule has 1 aromatic carbocycles. The maximum absolute atomic E-state index is 11.6. The number of benzene rings is 1. The predicted octanol–water partition coefficient (Wildman–Crippen LogP) is 2.17. The predicted molar refractivity (Wildman–Crippen MR) is 76.1 cm³/mol. The van der Waals surface area contributed by atoms with Gasteiger partial charge in [-0.15, -0.1) is 0 Å². The van der Waals surface area contributed by atoms with E-state index in [4.69, 9.17) is 4.74 Å². The van der Waals surface area contributed by atoms with Gasteiger partial charge in [0.1, 0.15) is 0 Å². The Balaban J connectivity index is 1.57. The third kappa shape index (κ3) is 5.30. The van der Waals surface area contributed by atoms with Crippen LogP contribution >= 0.6 is 0 Å². The van der Waals surface area contributed by atoms with Crippen LogP contribution in [0.4, 0.5) is 5.69 Å². The molecule has 0 aromatic heterocycles. The van der Waals surface area contributed by atoms with Crippen LogP contribution in [0.2, 0.25) is 0 Å². The Kier molecular flexibility index (Phi) is 5.69. The molecule has 19 heavy (non-hydrogen) atoms. The fraction of sp³-hybridized carbons (Fsp3) is 0.533. The molecule has 1 aromatic rings. The molecule has 1 amide bonds. The molecule has 0 saturated carbocycles. The highest BCUT2D eigenvalue weighted by Gasteiger charge is 2.13. The van der Waals surface area contributed by atoms with Crippen molar-refractivity contribution in [3.8, 4) is 0 Å². The molecule has 1 aliphatic rings. The van der Waals surface area contributed by atoms with Gasteiger partial charge in [-0.2, -0.15) is 0 Å². The molecule has 1 heterocycles. The van der Waals surface area contributed by atoms with Gasteiger partial charge in [0.2, 0.25) is 5.91 Å². The maximum Gasteiger partial charge on any atom is 0.239 e. The average molecular weight is 262 g/mol. The lowest BCUT2D eigenvalue weighted by Crippen LogP contribution is -2.33. The van der Waals surface area contributed by atoms with Crippen molar-refractivity contribution in [3.63, 3.8) is 0 Å². The molecule has 104 valence electrons. The summed E-state index contributed by atoms with van der Waals surface area (Å²) in [5.41, 5.74) is 0.966. The van der Waals surface area contributed by atoms with E-state index in [1.54, 1.807) is 0 Å². The third-order valence-electron chi connectivity index (χ3n) is 3.29. The number of hydrogen-bond donors (Lipinski definition) is 2. The maximum atomic E-state index is 11.6. The van der Waals surface area contributed by atoms with Gasteiger partial charge >= 0.3 is 0 Å². The minimum absolute atomic E-state index is 0.0275. The quantitative estimate of drug-likeness (QED) is 0.826. The van der Waals surface area contributed by atoms with Crippen molar-refractivity contribution < 1.29 is 9.53 Å². The van der Waals surface area contributed by atoms with Gasteiger partial charge in [0.05, 0.1) is 12.6 Å². The number of hydrogen-bond acceptors (Lipinski definition) is 3. The number of carbonyl (C=O) groups is 1. The molecular weight excluding hydrogens is 240 g/mol. The monoisotopic (exact) mass is 262 g/mol. The van der Waals surface area contributed by atoms with Crippen LogP contribution in [0.5, 0.6) is 0 Å². The largest absolute Gasteiger partial charge is 0.378 e. The molecule has 1 atom stereocenters. The van der Waals surface area contributed by atoms with E-state index in [2.05, 4.69) is 10.6 Å². The van der Waals surface area contributed by atoms with E-state index in [1.807, 2.05) is 30.3 Å². The summed E-state index contributed by atoms with van der Waals surface area (Å²) >= 11 is 0. The van der Waals surface area contributed by atoms with Crippen LogP contribution in [0.1, 0.15) is 25.7 Å². The average Bonchev–Trinajstić information content (AvgIpc) is 2.47. The van der Waals surface area contributed by atoms with Crippen LogP contribution < -0.4 is 10.6 Å². The van der Waals surface area contributed by atoms with Crippen molar-refractivity contribution in [2.45, 2.75) is 31.8 Å². The highest BCUT2D eigenvalue weighted by Crippen LogP contribution is 2.14. The number of amides is 1. The van der Waals surface area contributed by atoms with E-state index < -0.39 is 0 Å². The third-order valence-corrected chi connectivity index (χ3v) is 3.29. The summed E-state index contributed by atoms with van der Waals surface area (Å²) in [6, 6.07) is 9.74. The Morgan fingerprint density at radius 2 is 2.11 bits per heavy atom. The standard InChI is InChI=1S/C15H22N2O2/c18-15(12-17-13-6-2-1-3-7-13)16-10-9-14-8-4-5-11-19-14/h1-3,6-7,14,17H,4-5,8-12H2,(H,16,18). The van der Waals surface area contributed by atoms with Crippen LogP contribution in [0.15, 0.2) is 30.3 Å². The zero-order valence-corrected chi connectivity index (χ0v) is 11.2. The van der Waals surface area contributed by atoms with Gasteiger partial charge in [0.15, 0.2) is 0 Å². The summed E-state index contributed by atoms with van der Waals surface area (Å²) in [7, 11) is 0. The zero-order chi connectivity index (χ0) is 13.3. The van der Waals surface area contributed by atoms with Gasteiger partial charge in [-0.05, 0) is 37.8 Å². The van der Waals surface area contributed by atoms with E-state index in [0.717, 1.165) is 25.1 Å². The van der Waals surface area contributed by atoms with E-state index in [-0.39, 0.29) is 5.91 Å². The second kappa shape index (κ2) is 7.79. The van der Waals surface area contributed by atoms with Gasteiger partial charge < -0.3 is 15.4 Å². The molecule has 1 aliphatic heterocycles. The smallest absolute Gasteiger partial charge is 0.239 e. The molecular formula is C15H22N2O2. The second-order valence-electron chi connectivity index (χ2n) is 4.85. The summed E-state index contributed by atoms with van der Waals surface area (Å²) in [5.74, 6) is 0.0275. The number of para-hydroxylation sites is 1. The lowest BCUT2D eigenvalue weighted by Gasteiger charge is -2.22. The summed E-state index contributed by atoms with van der Waals surface area (Å²) in [6.07, 6.45) is 4.78. The first-order valence-electron chi connectivity index (χ1n) is 7.02. The van der Waals surface area contributed by atoms with E-state index >= 15 is 0 Å². The first-order chi connectivity index (χ1) is 9.34. The second-order valence-corrected chi connectivity index (χ2v) is 4.85. The SMILES string of the molecule is O=C(CNc1ccccc1)NCCC1CCCCO1. The van der Waals surface area contributed by atoms with Crippen molar-refractivity contribution in [1.82, 2.24) is 5.32 Å². The van der Waals surface area contributed by atoms with Crippen molar-refractivity contribution in [1.29, 1.82) is 0 Å². The summed E-state index contributed by atoms with van der Waals surface area (Å²) in [4.78, 5) is 11.6. The van der Waals surface area contributed by atoms with Crippen molar-refractivity contribution in [2.75, 3.05) is 25.0 Å². The van der Waals surface area contributed by atoms with Gasteiger partial charge in [0.25, 0.3) is 0 Å². The molecule has 1 saturated heterocycles. The van der Waals surface area contributed by atoms with Crippen molar-refractivity contribution in [3.05, 3.63) is 30.3 Å². The first-order valence-corrected chi connectivity index (χ1v) is 7.02. The summed E-state index contributed by atoms with van der Waals surface area (Å²) < 4.78 is 5.62. The zero-order valence-electron chi connectivity index (χ0n) is 11.2. The van der Waals surface area contributed by atoms with Gasteiger partial charge in [-0.3, -0.25) is 4.79 Å². The number of anilines is 1. The molecule has 1 fully saturated rings. The molecule has 2 rings (SSSR count). The topological polar surface area (TPSA) is 50.4 Å².